The Kier molecular flexibility index (Phi) is 4.38. The molecule has 0 fully saturated rings. The summed E-state index contributed by atoms with van der Waals surface area (Å²) in [7, 11) is 3.31. The van der Waals surface area contributed by atoms with Gasteiger partial charge in [-0.25, -0.2) is 0 Å². The average molecular weight is 325 g/mol. The van der Waals surface area contributed by atoms with E-state index in [1.165, 1.54) is 11.1 Å². The van der Waals surface area contributed by atoms with Gasteiger partial charge >= 0.3 is 0 Å². The van der Waals surface area contributed by atoms with E-state index in [2.05, 4.69) is 40.0 Å². The van der Waals surface area contributed by atoms with Gasteiger partial charge in [0.05, 0.1) is 0 Å². The first kappa shape index (κ1) is 15.7. The summed E-state index contributed by atoms with van der Waals surface area (Å²) >= 11 is 5.45. The Balaban J connectivity index is 2.85. The molecule has 1 aromatic carbocycles. The molecule has 4 heteroatoms. The van der Waals surface area contributed by atoms with Crippen molar-refractivity contribution in [2.45, 2.75) is 46.0 Å². The molecule has 1 aromatic heterocycles. The molecule has 108 valence electrons. The number of rotatable bonds is 2. The molecule has 0 radical (unpaired) electrons. The normalized spacial score (nSPS) is 12.1. The SMILES string of the molecule is CC(C)c1c(-c2cssc2=S)ccc(O)c1C(C)(C)C. The fraction of sp³-hybridized carbons (Fsp3) is 0.438. The molecule has 1 N–H and O–H groups in total. The van der Waals surface area contributed by atoms with Gasteiger partial charge in [-0.1, -0.05) is 73.6 Å². The van der Waals surface area contributed by atoms with Crippen molar-refractivity contribution in [1.29, 1.82) is 0 Å². The predicted octanol–water partition coefficient (Wildman–Crippen LogP) is 6.33. The minimum atomic E-state index is -0.0965. The number of hydrogen-bond donors (Lipinski definition) is 1. The second kappa shape index (κ2) is 5.58. The second-order valence-corrected chi connectivity index (χ2v) is 9.07. The Morgan fingerprint density at radius 1 is 1.15 bits per heavy atom. The summed E-state index contributed by atoms with van der Waals surface area (Å²) in [6, 6.07) is 3.81. The summed E-state index contributed by atoms with van der Waals surface area (Å²) < 4.78 is 0.933. The van der Waals surface area contributed by atoms with Gasteiger partial charge in [-0.2, -0.15) is 0 Å². The number of phenolic OH excluding ortho intramolecular Hbond substituents is 1. The maximum atomic E-state index is 10.3. The van der Waals surface area contributed by atoms with E-state index in [-0.39, 0.29) is 5.41 Å². The van der Waals surface area contributed by atoms with Crippen molar-refractivity contribution in [2.24, 2.45) is 0 Å². The molecule has 0 aliphatic rings. The molecule has 0 atom stereocenters. The number of benzene rings is 1. The molecule has 1 nitrogen and oxygen atoms in total. The van der Waals surface area contributed by atoms with Crippen molar-refractivity contribution >= 4 is 32.9 Å². The number of phenols is 1. The monoisotopic (exact) mass is 324 g/mol. The first-order chi connectivity index (χ1) is 9.23. The summed E-state index contributed by atoms with van der Waals surface area (Å²) in [4.78, 5) is 0. The molecular weight excluding hydrogens is 304 g/mol. The Labute approximate surface area is 133 Å². The molecule has 0 aliphatic heterocycles. The third-order valence-corrected chi connectivity index (χ3v) is 6.01. The quantitative estimate of drug-likeness (QED) is 0.514. The highest BCUT2D eigenvalue weighted by molar-refractivity contribution is 7.79. The summed E-state index contributed by atoms with van der Waals surface area (Å²) in [5, 5.41) is 12.5. The molecule has 0 saturated carbocycles. The van der Waals surface area contributed by atoms with Gasteiger partial charge in [-0.3, -0.25) is 0 Å². The van der Waals surface area contributed by atoms with Crippen LogP contribution in [0.2, 0.25) is 0 Å². The van der Waals surface area contributed by atoms with Crippen LogP contribution in [0, 0.1) is 3.82 Å². The van der Waals surface area contributed by atoms with Crippen LogP contribution in [0.3, 0.4) is 0 Å². The average Bonchev–Trinajstić information content (AvgIpc) is 2.73. The van der Waals surface area contributed by atoms with Crippen LogP contribution in [-0.2, 0) is 5.41 Å². The molecule has 0 saturated heterocycles. The van der Waals surface area contributed by atoms with Crippen molar-refractivity contribution in [2.75, 3.05) is 0 Å². The predicted molar refractivity (Wildman–Crippen MR) is 92.9 cm³/mol. The zero-order chi connectivity index (χ0) is 15.1. The van der Waals surface area contributed by atoms with E-state index in [4.69, 9.17) is 12.2 Å². The lowest BCUT2D eigenvalue weighted by atomic mass is 9.77. The van der Waals surface area contributed by atoms with Crippen LogP contribution in [0.1, 0.15) is 51.7 Å². The van der Waals surface area contributed by atoms with E-state index < -0.39 is 0 Å². The lowest BCUT2D eigenvalue weighted by Gasteiger charge is -2.28. The van der Waals surface area contributed by atoms with Gasteiger partial charge in [0.15, 0.2) is 0 Å². The Morgan fingerprint density at radius 2 is 1.80 bits per heavy atom. The van der Waals surface area contributed by atoms with Crippen molar-refractivity contribution in [3.8, 4) is 16.9 Å². The third kappa shape index (κ3) is 2.83. The Hall–Kier alpha value is -0.710. The van der Waals surface area contributed by atoms with Crippen LogP contribution in [0.15, 0.2) is 17.5 Å². The molecule has 0 bridgehead atoms. The van der Waals surface area contributed by atoms with Crippen LogP contribution >= 0.6 is 32.9 Å². The number of hydrogen-bond acceptors (Lipinski definition) is 4. The topological polar surface area (TPSA) is 20.2 Å². The molecule has 0 aliphatic carbocycles. The van der Waals surface area contributed by atoms with Crippen LogP contribution < -0.4 is 0 Å². The van der Waals surface area contributed by atoms with E-state index in [0.29, 0.717) is 11.7 Å². The second-order valence-electron chi connectivity index (χ2n) is 6.32. The summed E-state index contributed by atoms with van der Waals surface area (Å²) in [5.74, 6) is 0.723. The van der Waals surface area contributed by atoms with Crippen molar-refractivity contribution in [3.63, 3.8) is 0 Å². The standard InChI is InChI=1S/C16H20OS3/c1-9(2)13-10(11-8-19-20-15(11)18)6-7-12(17)14(13)16(3,4)5/h6-9,17H,1-5H3. The first-order valence-electron chi connectivity index (χ1n) is 6.68. The van der Waals surface area contributed by atoms with Gasteiger partial charge in [0, 0.05) is 16.5 Å². The summed E-state index contributed by atoms with van der Waals surface area (Å²) in [6.45, 7) is 10.8. The molecule has 0 unspecified atom stereocenters. The summed E-state index contributed by atoms with van der Waals surface area (Å²) in [6.07, 6.45) is 0. The maximum Gasteiger partial charge on any atom is 0.119 e. The minimum Gasteiger partial charge on any atom is -0.508 e. The van der Waals surface area contributed by atoms with Crippen molar-refractivity contribution in [3.05, 3.63) is 32.5 Å². The van der Waals surface area contributed by atoms with Gasteiger partial charge in [-0.15, -0.1) is 0 Å². The fourth-order valence-electron chi connectivity index (χ4n) is 2.61. The maximum absolute atomic E-state index is 10.3. The highest BCUT2D eigenvalue weighted by Crippen LogP contribution is 2.43. The molecule has 20 heavy (non-hydrogen) atoms. The molecule has 2 rings (SSSR count). The van der Waals surface area contributed by atoms with Gasteiger partial charge in [0.25, 0.3) is 0 Å². The Morgan fingerprint density at radius 3 is 2.25 bits per heavy atom. The van der Waals surface area contributed by atoms with E-state index in [9.17, 15) is 5.11 Å². The van der Waals surface area contributed by atoms with Gasteiger partial charge in [-0.05, 0) is 28.5 Å². The fourth-order valence-corrected chi connectivity index (χ4v) is 4.98. The minimum absolute atomic E-state index is 0.0965. The van der Waals surface area contributed by atoms with Crippen LogP contribution in [0.25, 0.3) is 11.1 Å². The highest BCUT2D eigenvalue weighted by Gasteiger charge is 2.26. The number of aromatic hydroxyl groups is 1. The van der Waals surface area contributed by atoms with Crippen LogP contribution in [0.5, 0.6) is 5.75 Å². The van der Waals surface area contributed by atoms with Crippen LogP contribution in [0.4, 0.5) is 0 Å². The highest BCUT2D eigenvalue weighted by atomic mass is 32.9. The lowest BCUT2D eigenvalue weighted by molar-refractivity contribution is 0.443. The van der Waals surface area contributed by atoms with Gasteiger partial charge < -0.3 is 5.11 Å². The van der Waals surface area contributed by atoms with E-state index >= 15 is 0 Å². The molecule has 1 heterocycles. The zero-order valence-electron chi connectivity index (χ0n) is 12.5. The third-order valence-electron chi connectivity index (χ3n) is 3.35. The zero-order valence-corrected chi connectivity index (χ0v) is 14.9. The van der Waals surface area contributed by atoms with E-state index in [1.54, 1.807) is 26.7 Å². The smallest absolute Gasteiger partial charge is 0.119 e. The molecule has 0 spiro atoms. The van der Waals surface area contributed by atoms with Gasteiger partial charge in [0.1, 0.15) is 9.57 Å². The largest absolute Gasteiger partial charge is 0.508 e. The Bertz CT molecular complexity index is 672. The molecule has 0 amide bonds. The van der Waals surface area contributed by atoms with Crippen molar-refractivity contribution in [1.82, 2.24) is 0 Å². The molecular formula is C16H20OS3. The van der Waals surface area contributed by atoms with Crippen LogP contribution in [-0.4, -0.2) is 5.11 Å². The first-order valence-corrected chi connectivity index (χ1v) is 9.30. The van der Waals surface area contributed by atoms with Crippen molar-refractivity contribution < 1.29 is 5.11 Å². The summed E-state index contributed by atoms with van der Waals surface area (Å²) in [5.41, 5.74) is 4.46. The molecule has 2 aromatic rings. The lowest BCUT2D eigenvalue weighted by Crippen LogP contribution is -2.16. The van der Waals surface area contributed by atoms with E-state index in [0.717, 1.165) is 15.0 Å². The van der Waals surface area contributed by atoms with E-state index in [1.807, 2.05) is 6.07 Å². The van der Waals surface area contributed by atoms with Gasteiger partial charge in [0.2, 0.25) is 0 Å².